The zero-order valence-electron chi connectivity index (χ0n) is 10.7. The maximum absolute atomic E-state index is 11.5. The molecule has 0 radical (unpaired) electrons. The molecule has 2 heterocycles. The van der Waals surface area contributed by atoms with Gasteiger partial charge in [-0.05, 0) is 0 Å². The maximum atomic E-state index is 11.5. The van der Waals surface area contributed by atoms with Gasteiger partial charge in [0.1, 0.15) is 0 Å². The second kappa shape index (κ2) is 5.01. The van der Waals surface area contributed by atoms with Gasteiger partial charge < -0.3 is 16.8 Å². The lowest BCUT2D eigenvalue weighted by Gasteiger charge is -2.07. The zero-order chi connectivity index (χ0) is 14.0. The monoisotopic (exact) mass is 261 g/mol. The molecular formula is C11H15N7O. The Kier molecular flexibility index (Phi) is 3.41. The van der Waals surface area contributed by atoms with Crippen LogP contribution in [-0.4, -0.2) is 25.8 Å². The molecule has 0 saturated heterocycles. The minimum atomic E-state index is -0.0818. The summed E-state index contributed by atoms with van der Waals surface area (Å²) in [7, 11) is 0. The Morgan fingerprint density at radius 1 is 1.32 bits per heavy atom. The third-order valence-corrected chi connectivity index (χ3v) is 2.47. The molecular weight excluding hydrogens is 246 g/mol. The van der Waals surface area contributed by atoms with Crippen LogP contribution in [0.15, 0.2) is 6.20 Å². The number of amides is 1. The van der Waals surface area contributed by atoms with Gasteiger partial charge in [-0.25, -0.2) is 9.97 Å². The summed E-state index contributed by atoms with van der Waals surface area (Å²) in [5.74, 6) is 0.0947. The van der Waals surface area contributed by atoms with Crippen LogP contribution in [0.5, 0.6) is 0 Å². The van der Waals surface area contributed by atoms with E-state index in [0.717, 1.165) is 0 Å². The molecule has 19 heavy (non-hydrogen) atoms. The molecule has 0 aliphatic heterocycles. The molecule has 0 unspecified atom stereocenters. The molecule has 8 nitrogen and oxygen atoms in total. The fraction of sp³-hybridized carbons (Fsp3) is 0.364. The van der Waals surface area contributed by atoms with Gasteiger partial charge in [0.2, 0.25) is 11.9 Å². The van der Waals surface area contributed by atoms with Crippen molar-refractivity contribution in [2.45, 2.75) is 20.4 Å². The molecule has 0 bridgehead atoms. The summed E-state index contributed by atoms with van der Waals surface area (Å²) >= 11 is 0. The van der Waals surface area contributed by atoms with E-state index in [1.165, 1.54) is 6.20 Å². The number of carbonyl (C=O) groups excluding carboxylic acids is 1. The van der Waals surface area contributed by atoms with Gasteiger partial charge in [0, 0.05) is 5.92 Å². The van der Waals surface area contributed by atoms with Crippen molar-refractivity contribution in [3.05, 3.63) is 11.9 Å². The number of nitrogens with one attached hydrogen (secondary N) is 1. The van der Waals surface area contributed by atoms with Crippen LogP contribution >= 0.6 is 0 Å². The molecule has 0 saturated carbocycles. The Hall–Kier alpha value is -2.51. The third-order valence-electron chi connectivity index (χ3n) is 2.47. The molecule has 1 amide bonds. The van der Waals surface area contributed by atoms with E-state index in [1.54, 1.807) is 0 Å². The lowest BCUT2D eigenvalue weighted by molar-refractivity contribution is -0.124. The number of hydrogen-bond acceptors (Lipinski definition) is 7. The standard InChI is InChI=1S/C11H15N7O/c1-5(2)10(19)15-4-6-3-14-9-7(16-6)8(12)17-11(13)18-9/h3,5H,4H2,1-2H3,(H,15,19)(H4,12,13,14,17,18). The quantitative estimate of drug-likeness (QED) is 0.700. The summed E-state index contributed by atoms with van der Waals surface area (Å²) in [4.78, 5) is 27.6. The van der Waals surface area contributed by atoms with Crippen LogP contribution in [0.4, 0.5) is 11.8 Å². The van der Waals surface area contributed by atoms with Gasteiger partial charge in [0.05, 0.1) is 18.4 Å². The average Bonchev–Trinajstić information content (AvgIpc) is 2.35. The van der Waals surface area contributed by atoms with Gasteiger partial charge in [-0.15, -0.1) is 0 Å². The van der Waals surface area contributed by atoms with Crippen LogP contribution in [-0.2, 0) is 11.3 Å². The highest BCUT2D eigenvalue weighted by molar-refractivity contribution is 5.82. The van der Waals surface area contributed by atoms with Gasteiger partial charge in [0.15, 0.2) is 17.0 Å². The fourth-order valence-corrected chi connectivity index (χ4v) is 1.45. The van der Waals surface area contributed by atoms with Crippen molar-refractivity contribution in [3.63, 3.8) is 0 Å². The van der Waals surface area contributed by atoms with Gasteiger partial charge in [0.25, 0.3) is 0 Å². The smallest absolute Gasteiger partial charge is 0.224 e. The van der Waals surface area contributed by atoms with Crippen molar-refractivity contribution in [3.8, 4) is 0 Å². The topological polar surface area (TPSA) is 133 Å². The maximum Gasteiger partial charge on any atom is 0.224 e. The summed E-state index contributed by atoms with van der Waals surface area (Å²) in [6.07, 6.45) is 1.52. The second-order valence-corrected chi connectivity index (χ2v) is 4.37. The highest BCUT2D eigenvalue weighted by Gasteiger charge is 2.09. The average molecular weight is 261 g/mol. The fourth-order valence-electron chi connectivity index (χ4n) is 1.45. The summed E-state index contributed by atoms with van der Waals surface area (Å²) in [6, 6.07) is 0. The summed E-state index contributed by atoms with van der Waals surface area (Å²) in [6.45, 7) is 3.91. The summed E-state index contributed by atoms with van der Waals surface area (Å²) < 4.78 is 0. The SMILES string of the molecule is CC(C)C(=O)NCc1cnc2nc(N)nc(N)c2n1. The molecule has 5 N–H and O–H groups in total. The minimum Gasteiger partial charge on any atom is -0.382 e. The first-order chi connectivity index (χ1) is 8.97. The van der Waals surface area contributed by atoms with Crippen molar-refractivity contribution in [1.82, 2.24) is 25.3 Å². The summed E-state index contributed by atoms with van der Waals surface area (Å²) in [5.41, 5.74) is 12.5. The number of nitrogens with two attached hydrogens (primary N) is 2. The first kappa shape index (κ1) is 12.9. The van der Waals surface area contributed by atoms with Crippen molar-refractivity contribution in [2.24, 2.45) is 5.92 Å². The summed E-state index contributed by atoms with van der Waals surface area (Å²) in [5, 5.41) is 2.75. The Morgan fingerprint density at radius 2 is 2.05 bits per heavy atom. The van der Waals surface area contributed by atoms with Crippen molar-refractivity contribution in [1.29, 1.82) is 0 Å². The normalized spacial score (nSPS) is 10.9. The van der Waals surface area contributed by atoms with E-state index in [9.17, 15) is 4.79 Å². The largest absolute Gasteiger partial charge is 0.382 e. The molecule has 8 heteroatoms. The number of carbonyl (C=O) groups is 1. The van der Waals surface area contributed by atoms with E-state index >= 15 is 0 Å². The van der Waals surface area contributed by atoms with Gasteiger partial charge in [-0.2, -0.15) is 9.97 Å². The molecule has 2 aromatic rings. The Labute approximate surface area is 109 Å². The van der Waals surface area contributed by atoms with E-state index < -0.39 is 0 Å². The van der Waals surface area contributed by atoms with Crippen molar-refractivity contribution < 1.29 is 4.79 Å². The van der Waals surface area contributed by atoms with Crippen LogP contribution in [0, 0.1) is 5.92 Å². The number of nitrogens with zero attached hydrogens (tertiary/aromatic N) is 4. The predicted octanol–water partition coefficient (Wildman–Crippen LogP) is -0.144. The number of aromatic nitrogens is 4. The molecule has 2 aromatic heterocycles. The van der Waals surface area contributed by atoms with Gasteiger partial charge in [-0.1, -0.05) is 13.8 Å². The van der Waals surface area contributed by atoms with E-state index in [0.29, 0.717) is 16.9 Å². The van der Waals surface area contributed by atoms with E-state index in [1.807, 2.05) is 13.8 Å². The Balaban J connectivity index is 2.24. The second-order valence-electron chi connectivity index (χ2n) is 4.37. The molecule has 0 aliphatic rings. The molecule has 0 spiro atoms. The number of fused-ring (bicyclic) bond motifs is 1. The number of nitrogen functional groups attached to an aromatic ring is 2. The zero-order valence-corrected chi connectivity index (χ0v) is 10.7. The Morgan fingerprint density at radius 3 is 2.74 bits per heavy atom. The Bertz CT molecular complexity index is 626. The lowest BCUT2D eigenvalue weighted by atomic mass is 10.2. The highest BCUT2D eigenvalue weighted by Crippen LogP contribution is 2.14. The highest BCUT2D eigenvalue weighted by atomic mass is 16.1. The van der Waals surface area contributed by atoms with Gasteiger partial charge >= 0.3 is 0 Å². The first-order valence-electron chi connectivity index (χ1n) is 5.79. The molecule has 0 fully saturated rings. The first-order valence-corrected chi connectivity index (χ1v) is 5.79. The lowest BCUT2D eigenvalue weighted by Crippen LogP contribution is -2.27. The van der Waals surface area contributed by atoms with E-state index in [2.05, 4.69) is 25.3 Å². The van der Waals surface area contributed by atoms with E-state index in [-0.39, 0.29) is 30.1 Å². The van der Waals surface area contributed by atoms with Crippen LogP contribution in [0.3, 0.4) is 0 Å². The molecule has 100 valence electrons. The van der Waals surface area contributed by atoms with Crippen molar-refractivity contribution in [2.75, 3.05) is 11.5 Å². The third kappa shape index (κ3) is 2.84. The molecule has 0 aromatic carbocycles. The number of rotatable bonds is 3. The van der Waals surface area contributed by atoms with Crippen LogP contribution in [0.1, 0.15) is 19.5 Å². The van der Waals surface area contributed by atoms with Crippen LogP contribution < -0.4 is 16.8 Å². The number of hydrogen-bond donors (Lipinski definition) is 3. The predicted molar refractivity (Wildman–Crippen MR) is 70.6 cm³/mol. The number of anilines is 2. The van der Waals surface area contributed by atoms with Gasteiger partial charge in [-0.3, -0.25) is 4.79 Å². The molecule has 2 rings (SSSR count). The molecule has 0 atom stereocenters. The van der Waals surface area contributed by atoms with E-state index in [4.69, 9.17) is 11.5 Å². The van der Waals surface area contributed by atoms with Crippen LogP contribution in [0.2, 0.25) is 0 Å². The van der Waals surface area contributed by atoms with Crippen LogP contribution in [0.25, 0.3) is 11.2 Å². The molecule has 0 aliphatic carbocycles. The minimum absolute atomic E-state index is 0.0524. The van der Waals surface area contributed by atoms with Crippen molar-refractivity contribution >= 4 is 28.8 Å².